The molecule has 5 rings (SSSR count). The van der Waals surface area contributed by atoms with Gasteiger partial charge in [-0.25, -0.2) is 4.79 Å². The molecule has 1 aliphatic rings. The summed E-state index contributed by atoms with van der Waals surface area (Å²) in [5.74, 6) is 0.300. The summed E-state index contributed by atoms with van der Waals surface area (Å²) in [6.07, 6.45) is 3.79. The van der Waals surface area contributed by atoms with Crippen LogP contribution < -0.4 is 4.90 Å². The fraction of sp³-hybridized carbons (Fsp3) is 0.357. The van der Waals surface area contributed by atoms with E-state index in [4.69, 9.17) is 4.42 Å². The molecule has 0 unspecified atom stereocenters. The zero-order valence-electron chi connectivity index (χ0n) is 19.7. The minimum atomic E-state index is -1.01. The van der Waals surface area contributed by atoms with Crippen LogP contribution in [0.1, 0.15) is 56.1 Å². The van der Waals surface area contributed by atoms with Gasteiger partial charge in [-0.05, 0) is 63.6 Å². The molecule has 2 aromatic heterocycles. The first-order chi connectivity index (χ1) is 16.3. The van der Waals surface area contributed by atoms with E-state index in [0.717, 1.165) is 52.3 Å². The maximum Gasteiger partial charge on any atom is 0.348 e. The first-order valence-corrected chi connectivity index (χ1v) is 12.8. The summed E-state index contributed by atoms with van der Waals surface area (Å²) in [4.78, 5) is 28.1. The molecule has 2 heterocycles. The molecule has 1 saturated carbocycles. The second kappa shape index (κ2) is 8.91. The molecule has 1 aliphatic carbocycles. The van der Waals surface area contributed by atoms with Crippen LogP contribution in [-0.4, -0.2) is 23.0 Å². The van der Waals surface area contributed by atoms with Gasteiger partial charge < -0.3 is 14.4 Å². The molecule has 1 N–H and O–H groups in total. The average Bonchev–Trinajstić information content (AvgIpc) is 3.41. The van der Waals surface area contributed by atoms with Gasteiger partial charge in [0.2, 0.25) is 5.91 Å². The lowest BCUT2D eigenvalue weighted by molar-refractivity contribution is -0.123. The molecule has 0 saturated heterocycles. The van der Waals surface area contributed by atoms with Crippen molar-refractivity contribution < 1.29 is 19.1 Å². The number of nitrogens with zero attached hydrogens (tertiary/aromatic N) is 1. The number of amides is 1. The van der Waals surface area contributed by atoms with E-state index in [9.17, 15) is 14.7 Å². The minimum Gasteiger partial charge on any atom is -0.477 e. The van der Waals surface area contributed by atoms with Gasteiger partial charge in [-0.15, -0.1) is 11.3 Å². The van der Waals surface area contributed by atoms with Crippen LogP contribution in [0.2, 0.25) is 0 Å². The SMILES string of the molecule is CC1CCC(C(=O)N(c2c(C(=O)O)sc3c(-c4cc5ccccc5o4)cccc23)C(C)C)CC1. The van der Waals surface area contributed by atoms with Crippen LogP contribution in [0.15, 0.2) is 52.9 Å². The van der Waals surface area contributed by atoms with Gasteiger partial charge in [0.05, 0.1) is 5.69 Å². The Morgan fingerprint density at radius 1 is 1.06 bits per heavy atom. The number of aromatic carboxylic acids is 1. The van der Waals surface area contributed by atoms with Crippen LogP contribution in [0, 0.1) is 11.8 Å². The minimum absolute atomic E-state index is 0.0400. The molecule has 0 bridgehead atoms. The molecular formula is C28H29NO4S. The Bertz CT molecular complexity index is 1340. The second-order valence-electron chi connectivity index (χ2n) is 9.67. The highest BCUT2D eigenvalue weighted by atomic mass is 32.1. The number of fused-ring (bicyclic) bond motifs is 2. The van der Waals surface area contributed by atoms with Crippen molar-refractivity contribution in [1.82, 2.24) is 0 Å². The Morgan fingerprint density at radius 3 is 2.47 bits per heavy atom. The highest BCUT2D eigenvalue weighted by Gasteiger charge is 2.34. The summed E-state index contributed by atoms with van der Waals surface area (Å²) < 4.78 is 6.93. The first-order valence-electron chi connectivity index (χ1n) is 12.0. The molecule has 176 valence electrons. The molecule has 1 fully saturated rings. The maximum absolute atomic E-state index is 13.8. The van der Waals surface area contributed by atoms with E-state index in [1.165, 1.54) is 11.3 Å². The van der Waals surface area contributed by atoms with Crippen molar-refractivity contribution in [2.24, 2.45) is 11.8 Å². The molecule has 0 aliphatic heterocycles. The number of carbonyl (C=O) groups excluding carboxylic acids is 1. The van der Waals surface area contributed by atoms with Crippen molar-refractivity contribution in [2.45, 2.75) is 52.5 Å². The lowest BCUT2D eigenvalue weighted by Gasteiger charge is -2.33. The van der Waals surface area contributed by atoms with Gasteiger partial charge in [-0.3, -0.25) is 4.79 Å². The topological polar surface area (TPSA) is 70.8 Å². The number of hydrogen-bond donors (Lipinski definition) is 1. The zero-order valence-corrected chi connectivity index (χ0v) is 20.5. The quantitative estimate of drug-likeness (QED) is 0.323. The Balaban J connectivity index is 1.66. The van der Waals surface area contributed by atoms with Crippen LogP contribution in [0.5, 0.6) is 0 Å². The van der Waals surface area contributed by atoms with Gasteiger partial charge in [0, 0.05) is 33.0 Å². The average molecular weight is 476 g/mol. The number of carboxylic acid groups (broad SMARTS) is 1. The van der Waals surface area contributed by atoms with Crippen molar-refractivity contribution >= 4 is 50.0 Å². The Hall–Kier alpha value is -3.12. The number of carbonyl (C=O) groups is 2. The monoisotopic (exact) mass is 475 g/mol. The van der Waals surface area contributed by atoms with Crippen molar-refractivity contribution in [1.29, 1.82) is 0 Å². The van der Waals surface area contributed by atoms with Gasteiger partial charge in [-0.2, -0.15) is 0 Å². The summed E-state index contributed by atoms with van der Waals surface area (Å²) >= 11 is 1.22. The lowest BCUT2D eigenvalue weighted by Crippen LogP contribution is -2.42. The Kier molecular flexibility index (Phi) is 5.94. The van der Waals surface area contributed by atoms with Crippen LogP contribution in [0.4, 0.5) is 5.69 Å². The van der Waals surface area contributed by atoms with Crippen molar-refractivity contribution in [2.75, 3.05) is 4.90 Å². The van der Waals surface area contributed by atoms with E-state index in [1.54, 1.807) is 4.90 Å². The molecule has 4 aromatic rings. The summed E-state index contributed by atoms with van der Waals surface area (Å²) in [6.45, 7) is 6.15. The maximum atomic E-state index is 13.8. The smallest absolute Gasteiger partial charge is 0.348 e. The molecule has 0 radical (unpaired) electrons. The van der Waals surface area contributed by atoms with Gasteiger partial charge >= 0.3 is 5.97 Å². The summed E-state index contributed by atoms with van der Waals surface area (Å²) in [7, 11) is 0. The number of anilines is 1. The summed E-state index contributed by atoms with van der Waals surface area (Å²) in [6, 6.07) is 15.4. The highest BCUT2D eigenvalue weighted by molar-refractivity contribution is 7.22. The second-order valence-corrected chi connectivity index (χ2v) is 10.7. The molecule has 0 spiro atoms. The fourth-order valence-corrected chi connectivity index (χ4v) is 6.28. The number of para-hydroxylation sites is 1. The number of thiophene rings is 1. The van der Waals surface area contributed by atoms with E-state index in [-0.39, 0.29) is 22.7 Å². The normalized spacial score (nSPS) is 18.6. The Labute approximate surface area is 203 Å². The Morgan fingerprint density at radius 2 is 1.79 bits per heavy atom. The van der Waals surface area contributed by atoms with Gasteiger partial charge in [0.15, 0.2) is 0 Å². The molecule has 2 aromatic carbocycles. The summed E-state index contributed by atoms with van der Waals surface area (Å²) in [5, 5.41) is 11.9. The van der Waals surface area contributed by atoms with Crippen molar-refractivity contribution in [3.8, 4) is 11.3 Å². The van der Waals surface area contributed by atoms with E-state index < -0.39 is 5.97 Å². The molecular weight excluding hydrogens is 446 g/mol. The van der Waals surface area contributed by atoms with E-state index >= 15 is 0 Å². The number of carboxylic acids is 1. The number of furan rings is 1. The molecule has 34 heavy (non-hydrogen) atoms. The van der Waals surface area contributed by atoms with Crippen molar-refractivity contribution in [3.63, 3.8) is 0 Å². The zero-order chi connectivity index (χ0) is 24.0. The number of rotatable bonds is 5. The van der Waals surface area contributed by atoms with E-state index in [1.807, 2.05) is 62.4 Å². The molecule has 6 heteroatoms. The van der Waals surface area contributed by atoms with E-state index in [0.29, 0.717) is 17.4 Å². The predicted molar refractivity (Wildman–Crippen MR) is 138 cm³/mol. The highest BCUT2D eigenvalue weighted by Crippen LogP contribution is 2.45. The van der Waals surface area contributed by atoms with Crippen LogP contribution in [0.25, 0.3) is 32.4 Å². The van der Waals surface area contributed by atoms with Crippen LogP contribution in [-0.2, 0) is 4.79 Å². The first kappa shape index (κ1) is 22.7. The number of benzene rings is 2. The standard InChI is InChI=1S/C28H29NO4S/c1-16(2)29(27(30)18-13-11-17(3)12-14-18)24-21-9-6-8-20(25(21)34-26(24)28(31)32)23-15-19-7-4-5-10-22(19)33-23/h4-10,15-18H,11-14H2,1-3H3,(H,31,32). The lowest BCUT2D eigenvalue weighted by atomic mass is 9.82. The van der Waals surface area contributed by atoms with Gasteiger partial charge in [-0.1, -0.05) is 37.3 Å². The molecule has 5 nitrogen and oxygen atoms in total. The van der Waals surface area contributed by atoms with Crippen molar-refractivity contribution in [3.05, 3.63) is 53.4 Å². The van der Waals surface area contributed by atoms with Crippen LogP contribution >= 0.6 is 11.3 Å². The largest absolute Gasteiger partial charge is 0.477 e. The van der Waals surface area contributed by atoms with Gasteiger partial charge in [0.1, 0.15) is 16.2 Å². The third-order valence-electron chi connectivity index (χ3n) is 6.93. The van der Waals surface area contributed by atoms with E-state index in [2.05, 4.69) is 6.92 Å². The summed E-state index contributed by atoms with van der Waals surface area (Å²) in [5.41, 5.74) is 2.15. The third-order valence-corrected chi connectivity index (χ3v) is 8.15. The third kappa shape index (κ3) is 3.90. The fourth-order valence-electron chi connectivity index (χ4n) is 5.13. The number of hydrogen-bond acceptors (Lipinski definition) is 4. The van der Waals surface area contributed by atoms with Gasteiger partial charge in [0.25, 0.3) is 0 Å². The predicted octanol–water partition coefficient (Wildman–Crippen LogP) is 7.58. The van der Waals surface area contributed by atoms with Crippen LogP contribution in [0.3, 0.4) is 0 Å². The molecule has 1 amide bonds. The molecule has 0 atom stereocenters.